The number of anilines is 1. The monoisotopic (exact) mass is 249 g/mol. The molecule has 0 fully saturated rings. The van der Waals surface area contributed by atoms with Crippen LogP contribution in [0.3, 0.4) is 0 Å². The number of unbranched alkanes of at least 4 members (excludes halogenated alkanes) is 2. The smallest absolute Gasteiger partial charge is 0.268 e. The van der Waals surface area contributed by atoms with Crippen LogP contribution in [0.1, 0.15) is 26.2 Å². The van der Waals surface area contributed by atoms with Gasteiger partial charge in [-0.05, 0) is 6.42 Å². The molecule has 0 aromatic carbocycles. The van der Waals surface area contributed by atoms with Gasteiger partial charge in [0.05, 0.1) is 12.8 Å². The summed E-state index contributed by atoms with van der Waals surface area (Å²) in [7, 11) is 0. The minimum Gasteiger partial charge on any atom is -0.476 e. The number of nitrogens with one attached hydrogen (secondary N) is 1. The Kier molecular flexibility index (Phi) is 3.71. The van der Waals surface area contributed by atoms with Crippen molar-refractivity contribution in [1.82, 2.24) is 19.9 Å². The maximum Gasteiger partial charge on any atom is 0.268 e. The molecule has 0 aliphatic rings. The first-order valence-electron chi connectivity index (χ1n) is 5.86. The first kappa shape index (κ1) is 12.3. The Labute approximate surface area is 103 Å². The molecule has 0 aliphatic heterocycles. The fourth-order valence-electron chi connectivity index (χ4n) is 1.55. The summed E-state index contributed by atoms with van der Waals surface area (Å²) >= 11 is 0. The summed E-state index contributed by atoms with van der Waals surface area (Å²) in [5.74, 6) is 0.362. The summed E-state index contributed by atoms with van der Waals surface area (Å²) in [6, 6.07) is 0. The van der Waals surface area contributed by atoms with Gasteiger partial charge in [0.25, 0.3) is 5.56 Å². The van der Waals surface area contributed by atoms with Gasteiger partial charge >= 0.3 is 0 Å². The van der Waals surface area contributed by atoms with Crippen LogP contribution in [0.4, 0.5) is 5.95 Å². The van der Waals surface area contributed by atoms with Crippen LogP contribution in [0.15, 0.2) is 11.0 Å². The van der Waals surface area contributed by atoms with Crippen LogP contribution in [0, 0.1) is 0 Å². The van der Waals surface area contributed by atoms with E-state index in [0.717, 1.165) is 19.3 Å². The minimum absolute atomic E-state index is 0.0524. The standard InChI is InChI=1S/C11H15N5O2/c1-2-3-4-5-18-10-8-9(15-11(12)16-10)14-7(17)6-13-8/h6H,2-5H2,1H3,(H3,12,14,15,16,17). The molecule has 0 radical (unpaired) electrons. The summed E-state index contributed by atoms with van der Waals surface area (Å²) < 4.78 is 5.53. The van der Waals surface area contributed by atoms with Crippen molar-refractivity contribution < 1.29 is 4.74 Å². The zero-order valence-corrected chi connectivity index (χ0v) is 10.1. The van der Waals surface area contributed by atoms with E-state index in [0.29, 0.717) is 23.7 Å². The first-order valence-corrected chi connectivity index (χ1v) is 5.86. The molecule has 2 heterocycles. The van der Waals surface area contributed by atoms with Crippen molar-refractivity contribution >= 4 is 17.1 Å². The molecular formula is C11H15N5O2. The van der Waals surface area contributed by atoms with Crippen molar-refractivity contribution in [1.29, 1.82) is 0 Å². The lowest BCUT2D eigenvalue weighted by atomic mass is 10.3. The SMILES string of the molecule is CCCCCOc1nc(N)nc2[nH]c(=O)cnc12. The highest BCUT2D eigenvalue weighted by Crippen LogP contribution is 2.18. The molecule has 7 nitrogen and oxygen atoms in total. The third-order valence-electron chi connectivity index (χ3n) is 2.41. The van der Waals surface area contributed by atoms with Gasteiger partial charge in [-0.3, -0.25) is 4.79 Å². The van der Waals surface area contributed by atoms with Gasteiger partial charge < -0.3 is 15.5 Å². The molecule has 0 spiro atoms. The third kappa shape index (κ3) is 2.73. The number of hydrogen-bond donors (Lipinski definition) is 2. The molecule has 7 heteroatoms. The second kappa shape index (κ2) is 5.44. The van der Waals surface area contributed by atoms with Crippen molar-refractivity contribution in [3.8, 4) is 5.88 Å². The molecular weight excluding hydrogens is 234 g/mol. The molecule has 0 saturated carbocycles. The lowest BCUT2D eigenvalue weighted by molar-refractivity contribution is 0.298. The molecule has 0 saturated heterocycles. The molecule has 2 aromatic heterocycles. The lowest BCUT2D eigenvalue weighted by Crippen LogP contribution is -2.10. The third-order valence-corrected chi connectivity index (χ3v) is 2.41. The van der Waals surface area contributed by atoms with E-state index in [1.165, 1.54) is 6.20 Å². The zero-order valence-electron chi connectivity index (χ0n) is 10.1. The van der Waals surface area contributed by atoms with Gasteiger partial charge in [-0.15, -0.1) is 0 Å². The number of fused-ring (bicyclic) bond motifs is 1. The number of aromatic nitrogens is 4. The van der Waals surface area contributed by atoms with Crippen LogP contribution in [0.25, 0.3) is 11.2 Å². The Morgan fingerprint density at radius 3 is 3.00 bits per heavy atom. The van der Waals surface area contributed by atoms with E-state index >= 15 is 0 Å². The highest BCUT2D eigenvalue weighted by Gasteiger charge is 2.09. The predicted octanol–water partition coefficient (Wildman–Crippen LogP) is 0.864. The number of nitrogens with two attached hydrogens (primary N) is 1. The molecule has 18 heavy (non-hydrogen) atoms. The van der Waals surface area contributed by atoms with Gasteiger partial charge in [-0.1, -0.05) is 19.8 Å². The van der Waals surface area contributed by atoms with E-state index < -0.39 is 0 Å². The maximum absolute atomic E-state index is 11.1. The van der Waals surface area contributed by atoms with Crippen molar-refractivity contribution in [2.24, 2.45) is 0 Å². The summed E-state index contributed by atoms with van der Waals surface area (Å²) in [4.78, 5) is 25.6. The van der Waals surface area contributed by atoms with E-state index in [1.54, 1.807) is 0 Å². The second-order valence-electron chi connectivity index (χ2n) is 3.89. The number of nitrogen functional groups attached to an aromatic ring is 1. The van der Waals surface area contributed by atoms with E-state index in [2.05, 4.69) is 26.9 Å². The first-order chi connectivity index (χ1) is 8.70. The quantitative estimate of drug-likeness (QED) is 0.761. The average molecular weight is 249 g/mol. The fourth-order valence-corrected chi connectivity index (χ4v) is 1.55. The fraction of sp³-hybridized carbons (Fsp3) is 0.455. The van der Waals surface area contributed by atoms with E-state index in [1.807, 2.05) is 0 Å². The van der Waals surface area contributed by atoms with Crippen molar-refractivity contribution in [2.45, 2.75) is 26.2 Å². The van der Waals surface area contributed by atoms with Crippen LogP contribution in [0.2, 0.25) is 0 Å². The largest absolute Gasteiger partial charge is 0.476 e. The molecule has 0 bridgehead atoms. The summed E-state index contributed by atoms with van der Waals surface area (Å²) in [6.07, 6.45) is 4.30. The molecule has 96 valence electrons. The van der Waals surface area contributed by atoms with Gasteiger partial charge in [-0.2, -0.15) is 9.97 Å². The zero-order chi connectivity index (χ0) is 13.0. The average Bonchev–Trinajstić information content (AvgIpc) is 2.33. The normalized spacial score (nSPS) is 10.7. The van der Waals surface area contributed by atoms with Gasteiger partial charge in [0, 0.05) is 0 Å². The second-order valence-corrected chi connectivity index (χ2v) is 3.89. The van der Waals surface area contributed by atoms with Gasteiger partial charge in [0.1, 0.15) is 0 Å². The molecule has 3 N–H and O–H groups in total. The van der Waals surface area contributed by atoms with Gasteiger partial charge in [0.15, 0.2) is 11.2 Å². The maximum atomic E-state index is 11.1. The van der Waals surface area contributed by atoms with Crippen LogP contribution in [0.5, 0.6) is 5.88 Å². The Balaban J connectivity index is 2.28. The van der Waals surface area contributed by atoms with E-state index in [9.17, 15) is 4.79 Å². The highest BCUT2D eigenvalue weighted by molar-refractivity contribution is 5.75. The topological polar surface area (TPSA) is 107 Å². The molecule has 0 amide bonds. The molecule has 2 aromatic rings. The lowest BCUT2D eigenvalue weighted by Gasteiger charge is -2.07. The number of nitrogens with zero attached hydrogens (tertiary/aromatic N) is 3. The van der Waals surface area contributed by atoms with Crippen molar-refractivity contribution in [3.63, 3.8) is 0 Å². The Bertz CT molecular complexity index is 595. The number of aromatic amines is 1. The Morgan fingerprint density at radius 1 is 1.39 bits per heavy atom. The summed E-state index contributed by atoms with van der Waals surface area (Å²) in [5, 5.41) is 0. The molecule has 2 rings (SSSR count). The van der Waals surface area contributed by atoms with Crippen LogP contribution < -0.4 is 16.0 Å². The molecule has 0 unspecified atom stereocenters. The van der Waals surface area contributed by atoms with Crippen LogP contribution in [-0.4, -0.2) is 26.5 Å². The Morgan fingerprint density at radius 2 is 2.22 bits per heavy atom. The highest BCUT2D eigenvalue weighted by atomic mass is 16.5. The van der Waals surface area contributed by atoms with Gasteiger partial charge in [-0.25, -0.2) is 4.98 Å². The van der Waals surface area contributed by atoms with E-state index in [-0.39, 0.29) is 11.5 Å². The predicted molar refractivity (Wildman–Crippen MR) is 67.4 cm³/mol. The molecule has 0 atom stereocenters. The Hall–Kier alpha value is -2.18. The summed E-state index contributed by atoms with van der Waals surface area (Å²) in [6.45, 7) is 2.66. The van der Waals surface area contributed by atoms with Crippen molar-refractivity contribution in [3.05, 3.63) is 16.6 Å². The number of hydrogen-bond acceptors (Lipinski definition) is 6. The minimum atomic E-state index is -0.336. The van der Waals surface area contributed by atoms with Crippen LogP contribution >= 0.6 is 0 Å². The number of ether oxygens (including phenoxy) is 1. The van der Waals surface area contributed by atoms with Gasteiger partial charge in [0.2, 0.25) is 11.8 Å². The summed E-state index contributed by atoms with van der Waals surface area (Å²) in [5.41, 5.74) is 5.93. The number of H-pyrrole nitrogens is 1. The van der Waals surface area contributed by atoms with Crippen molar-refractivity contribution in [2.75, 3.05) is 12.3 Å². The number of rotatable bonds is 5. The molecule has 0 aliphatic carbocycles. The van der Waals surface area contributed by atoms with Crippen LogP contribution in [-0.2, 0) is 0 Å². The van der Waals surface area contributed by atoms with E-state index in [4.69, 9.17) is 10.5 Å².